The summed E-state index contributed by atoms with van der Waals surface area (Å²) in [5, 5.41) is 4.60. The fraction of sp³-hybridized carbons (Fsp3) is 0.130. The minimum atomic E-state index is -4.05. The largest absolute Gasteiger partial charge is 0.497 e. The van der Waals surface area contributed by atoms with Crippen LogP contribution in [0.2, 0.25) is 10.0 Å². The molecule has 33 heavy (non-hydrogen) atoms. The molecule has 0 saturated carbocycles. The summed E-state index contributed by atoms with van der Waals surface area (Å²) in [6.45, 7) is 1.39. The van der Waals surface area contributed by atoms with Crippen molar-refractivity contribution < 1.29 is 17.9 Å². The summed E-state index contributed by atoms with van der Waals surface area (Å²) in [6, 6.07) is 17.7. The van der Waals surface area contributed by atoms with E-state index in [-0.39, 0.29) is 4.90 Å². The highest BCUT2D eigenvalue weighted by Crippen LogP contribution is 2.25. The van der Waals surface area contributed by atoms with Crippen molar-refractivity contribution in [1.82, 2.24) is 5.43 Å². The summed E-state index contributed by atoms with van der Waals surface area (Å²) in [4.78, 5) is 12.6. The maximum absolute atomic E-state index is 13.4. The summed E-state index contributed by atoms with van der Waals surface area (Å²) >= 11 is 12.2. The van der Waals surface area contributed by atoms with Gasteiger partial charge in [-0.1, -0.05) is 47.0 Å². The number of hydrazone groups is 1. The number of nitrogens with zero attached hydrogens (tertiary/aromatic N) is 2. The molecule has 0 spiro atoms. The van der Waals surface area contributed by atoms with E-state index in [2.05, 4.69) is 10.5 Å². The van der Waals surface area contributed by atoms with Gasteiger partial charge in [0.15, 0.2) is 0 Å². The Morgan fingerprint density at radius 2 is 1.64 bits per heavy atom. The Morgan fingerprint density at radius 3 is 2.21 bits per heavy atom. The van der Waals surface area contributed by atoms with Crippen LogP contribution in [0, 0.1) is 6.92 Å². The number of carbonyl (C=O) groups excluding carboxylic acids is 1. The Hall–Kier alpha value is -3.07. The molecule has 172 valence electrons. The van der Waals surface area contributed by atoms with E-state index in [1.807, 2.05) is 6.92 Å². The highest BCUT2D eigenvalue weighted by atomic mass is 35.5. The molecular formula is C23H21Cl2N3O4S. The van der Waals surface area contributed by atoms with Crippen LogP contribution >= 0.6 is 23.2 Å². The maximum atomic E-state index is 13.4. The van der Waals surface area contributed by atoms with Crippen LogP contribution in [0.15, 0.2) is 76.7 Å². The molecule has 0 aromatic heterocycles. The molecule has 0 aliphatic rings. The third-order valence-corrected chi connectivity index (χ3v) is 7.09. The lowest BCUT2D eigenvalue weighted by atomic mass is 10.2. The van der Waals surface area contributed by atoms with Gasteiger partial charge in [0.2, 0.25) is 0 Å². The van der Waals surface area contributed by atoms with E-state index in [1.54, 1.807) is 42.5 Å². The number of sulfonamides is 1. The van der Waals surface area contributed by atoms with Gasteiger partial charge in [-0.15, -0.1) is 0 Å². The number of carbonyl (C=O) groups is 1. The average molecular weight is 506 g/mol. The first-order chi connectivity index (χ1) is 15.7. The van der Waals surface area contributed by atoms with Gasteiger partial charge in [0.05, 0.1) is 34.0 Å². The van der Waals surface area contributed by atoms with Crippen molar-refractivity contribution in [3.8, 4) is 5.75 Å². The third-order valence-electron chi connectivity index (χ3n) is 4.64. The van der Waals surface area contributed by atoms with Crippen LogP contribution in [0.5, 0.6) is 5.75 Å². The first-order valence-corrected chi connectivity index (χ1v) is 11.9. The normalized spacial score (nSPS) is 11.4. The molecule has 10 heteroatoms. The highest BCUT2D eigenvalue weighted by molar-refractivity contribution is 7.92. The molecule has 0 unspecified atom stereocenters. The minimum Gasteiger partial charge on any atom is -0.497 e. The first kappa shape index (κ1) is 24.6. The summed E-state index contributed by atoms with van der Waals surface area (Å²) in [7, 11) is -2.57. The molecule has 1 N–H and O–H groups in total. The molecular weight excluding hydrogens is 485 g/mol. The van der Waals surface area contributed by atoms with Crippen molar-refractivity contribution in [2.75, 3.05) is 18.0 Å². The van der Waals surface area contributed by atoms with E-state index in [9.17, 15) is 13.2 Å². The smallest absolute Gasteiger partial charge is 0.264 e. The Kier molecular flexibility index (Phi) is 7.97. The van der Waals surface area contributed by atoms with Gasteiger partial charge >= 0.3 is 0 Å². The summed E-state index contributed by atoms with van der Waals surface area (Å²) < 4.78 is 32.8. The van der Waals surface area contributed by atoms with Crippen molar-refractivity contribution in [3.63, 3.8) is 0 Å². The van der Waals surface area contributed by atoms with Crippen molar-refractivity contribution >= 4 is 51.0 Å². The van der Waals surface area contributed by atoms with Crippen molar-refractivity contribution in [3.05, 3.63) is 87.9 Å². The second kappa shape index (κ2) is 10.7. The Bertz CT molecular complexity index is 1240. The lowest BCUT2D eigenvalue weighted by Gasteiger charge is -2.24. The Morgan fingerprint density at radius 1 is 1.03 bits per heavy atom. The zero-order valence-corrected chi connectivity index (χ0v) is 20.2. The zero-order valence-electron chi connectivity index (χ0n) is 17.8. The number of methoxy groups -OCH3 is 1. The number of ether oxygens (including phenoxy) is 1. The van der Waals surface area contributed by atoms with E-state index in [0.717, 1.165) is 9.87 Å². The first-order valence-electron chi connectivity index (χ1n) is 9.72. The molecule has 3 aromatic carbocycles. The fourth-order valence-electron chi connectivity index (χ4n) is 2.87. The van der Waals surface area contributed by atoms with Crippen LogP contribution in [-0.2, 0) is 14.8 Å². The maximum Gasteiger partial charge on any atom is 0.264 e. The molecule has 1 amide bonds. The highest BCUT2D eigenvalue weighted by Gasteiger charge is 2.27. The van der Waals surface area contributed by atoms with Gasteiger partial charge in [0.1, 0.15) is 12.3 Å². The van der Waals surface area contributed by atoms with Crippen LogP contribution < -0.4 is 14.5 Å². The van der Waals surface area contributed by atoms with E-state index in [4.69, 9.17) is 27.9 Å². The number of aryl methyl sites for hydroxylation is 1. The molecule has 3 rings (SSSR count). The predicted octanol–water partition coefficient (Wildman–Crippen LogP) is 4.66. The zero-order chi connectivity index (χ0) is 24.0. The number of hydrogen-bond acceptors (Lipinski definition) is 5. The second-order valence-electron chi connectivity index (χ2n) is 6.95. The van der Waals surface area contributed by atoms with Crippen LogP contribution in [0.25, 0.3) is 0 Å². The lowest BCUT2D eigenvalue weighted by Crippen LogP contribution is -2.39. The number of anilines is 1. The number of halogens is 2. The lowest BCUT2D eigenvalue weighted by molar-refractivity contribution is -0.119. The number of hydrogen-bond donors (Lipinski definition) is 1. The van der Waals surface area contributed by atoms with Gasteiger partial charge in [-0.3, -0.25) is 9.10 Å². The van der Waals surface area contributed by atoms with E-state index in [0.29, 0.717) is 27.0 Å². The van der Waals surface area contributed by atoms with Crippen LogP contribution in [0.3, 0.4) is 0 Å². The number of amides is 1. The molecule has 0 radical (unpaired) electrons. The van der Waals surface area contributed by atoms with Gasteiger partial charge in [0.25, 0.3) is 15.9 Å². The molecule has 0 atom stereocenters. The van der Waals surface area contributed by atoms with E-state index < -0.39 is 22.5 Å². The summed E-state index contributed by atoms with van der Waals surface area (Å²) in [5.41, 5.74) is 4.05. The standard InChI is InChI=1S/C23H21Cl2N3O4S/c1-16-6-8-17(9-7-16)28(33(30,31)19-12-10-18(32-2)11-13-19)15-23(29)27-26-14-20-21(24)4-3-5-22(20)25/h3-14H,15H2,1-2H3,(H,27,29)/b26-14-. The van der Waals surface area contributed by atoms with Gasteiger partial charge in [-0.05, 0) is 55.5 Å². The predicted molar refractivity (Wildman–Crippen MR) is 131 cm³/mol. The fourth-order valence-corrected chi connectivity index (χ4v) is 4.79. The molecule has 7 nitrogen and oxygen atoms in total. The van der Waals surface area contributed by atoms with Gasteiger partial charge in [0, 0.05) is 5.56 Å². The molecule has 0 fully saturated rings. The minimum absolute atomic E-state index is 0.0167. The molecule has 0 heterocycles. The van der Waals surface area contributed by atoms with Crippen molar-refractivity contribution in [1.29, 1.82) is 0 Å². The molecule has 0 bridgehead atoms. The average Bonchev–Trinajstić information content (AvgIpc) is 2.80. The second-order valence-corrected chi connectivity index (χ2v) is 9.63. The topological polar surface area (TPSA) is 88.1 Å². The van der Waals surface area contributed by atoms with Crippen LogP contribution in [-0.4, -0.2) is 34.2 Å². The third kappa shape index (κ3) is 6.04. The molecule has 0 aliphatic carbocycles. The Labute approximate surface area is 202 Å². The monoisotopic (exact) mass is 505 g/mol. The van der Waals surface area contributed by atoms with Gasteiger partial charge in [-0.25, -0.2) is 13.8 Å². The summed E-state index contributed by atoms with van der Waals surface area (Å²) in [6.07, 6.45) is 1.30. The Balaban J connectivity index is 1.86. The number of benzene rings is 3. The number of rotatable bonds is 8. The summed E-state index contributed by atoms with van der Waals surface area (Å²) in [5.74, 6) is -0.131. The van der Waals surface area contributed by atoms with Crippen molar-refractivity contribution in [2.24, 2.45) is 5.10 Å². The SMILES string of the molecule is COc1ccc(S(=O)(=O)N(CC(=O)N/N=C\c2c(Cl)cccc2Cl)c2ccc(C)cc2)cc1. The quantitative estimate of drug-likeness (QED) is 0.356. The number of nitrogens with one attached hydrogen (secondary N) is 1. The molecule has 0 saturated heterocycles. The molecule has 0 aliphatic heterocycles. The van der Waals surface area contributed by atoms with Crippen LogP contribution in [0.1, 0.15) is 11.1 Å². The van der Waals surface area contributed by atoms with Gasteiger partial charge < -0.3 is 4.74 Å². The van der Waals surface area contributed by atoms with E-state index >= 15 is 0 Å². The van der Waals surface area contributed by atoms with Crippen molar-refractivity contribution in [2.45, 2.75) is 11.8 Å². The van der Waals surface area contributed by atoms with E-state index in [1.165, 1.54) is 37.6 Å². The van der Waals surface area contributed by atoms with Gasteiger partial charge in [-0.2, -0.15) is 5.10 Å². The van der Waals surface area contributed by atoms with Crippen LogP contribution in [0.4, 0.5) is 5.69 Å². The molecule has 3 aromatic rings.